The van der Waals surface area contributed by atoms with Crippen LogP contribution in [0.5, 0.6) is 5.75 Å². The van der Waals surface area contributed by atoms with Gasteiger partial charge in [0.2, 0.25) is 0 Å². The largest absolute Gasteiger partial charge is 0.488 e. The van der Waals surface area contributed by atoms with Crippen LogP contribution in [0.4, 0.5) is 20.2 Å². The van der Waals surface area contributed by atoms with Crippen molar-refractivity contribution in [3.05, 3.63) is 70.6 Å². The lowest BCUT2D eigenvalue weighted by Gasteiger charge is -2.18. The Morgan fingerprint density at radius 3 is 2.41 bits per heavy atom. The van der Waals surface area contributed by atoms with Crippen molar-refractivity contribution in [1.82, 2.24) is 5.16 Å². The molecular formula is C21H21F2N3O3. The van der Waals surface area contributed by atoms with Crippen molar-refractivity contribution in [2.45, 2.75) is 20.5 Å². The van der Waals surface area contributed by atoms with Gasteiger partial charge in [0.05, 0.1) is 22.6 Å². The first-order valence-electron chi connectivity index (χ1n) is 8.89. The molecule has 1 aromatic heterocycles. The van der Waals surface area contributed by atoms with Crippen molar-refractivity contribution in [3.8, 4) is 5.75 Å². The van der Waals surface area contributed by atoms with Crippen LogP contribution in [0.25, 0.3) is 0 Å². The van der Waals surface area contributed by atoms with E-state index in [1.54, 1.807) is 57.1 Å². The fourth-order valence-corrected chi connectivity index (χ4v) is 2.87. The minimum Gasteiger partial charge on any atom is -0.488 e. The summed E-state index contributed by atoms with van der Waals surface area (Å²) in [5, 5.41) is 6.36. The molecule has 1 heterocycles. The van der Waals surface area contributed by atoms with E-state index in [1.807, 2.05) is 0 Å². The van der Waals surface area contributed by atoms with Gasteiger partial charge in [-0.25, -0.2) is 8.78 Å². The number of aromatic nitrogens is 1. The number of carbonyl (C=O) groups is 1. The zero-order valence-electron chi connectivity index (χ0n) is 16.5. The Hall–Kier alpha value is -3.42. The lowest BCUT2D eigenvalue weighted by molar-refractivity contribution is 0.101. The summed E-state index contributed by atoms with van der Waals surface area (Å²) in [5.41, 5.74) is 1.82. The Labute approximate surface area is 167 Å². The minimum atomic E-state index is -1.02. The molecule has 6 nitrogen and oxygen atoms in total. The van der Waals surface area contributed by atoms with Gasteiger partial charge in [0.15, 0.2) is 0 Å². The van der Waals surface area contributed by atoms with E-state index in [0.29, 0.717) is 28.4 Å². The van der Waals surface area contributed by atoms with Crippen LogP contribution < -0.4 is 15.0 Å². The van der Waals surface area contributed by atoms with Crippen LogP contribution in [0, 0.1) is 25.5 Å². The maximum atomic E-state index is 14.5. The second-order valence-electron chi connectivity index (χ2n) is 6.72. The van der Waals surface area contributed by atoms with Crippen LogP contribution in [0.3, 0.4) is 0 Å². The molecule has 0 saturated heterocycles. The number of anilines is 2. The van der Waals surface area contributed by atoms with Gasteiger partial charge in [-0.1, -0.05) is 17.3 Å². The predicted molar refractivity (Wildman–Crippen MR) is 105 cm³/mol. The molecule has 0 aliphatic heterocycles. The van der Waals surface area contributed by atoms with E-state index in [1.165, 1.54) is 0 Å². The van der Waals surface area contributed by atoms with E-state index in [4.69, 9.17) is 9.26 Å². The number of hydrogen-bond acceptors (Lipinski definition) is 5. The van der Waals surface area contributed by atoms with Crippen LogP contribution in [0.15, 0.2) is 40.9 Å². The summed E-state index contributed by atoms with van der Waals surface area (Å²) in [6.07, 6.45) is 0. The van der Waals surface area contributed by atoms with E-state index in [2.05, 4.69) is 10.5 Å². The quantitative estimate of drug-likeness (QED) is 0.660. The van der Waals surface area contributed by atoms with E-state index in [9.17, 15) is 13.6 Å². The van der Waals surface area contributed by atoms with Crippen LogP contribution in [-0.4, -0.2) is 25.2 Å². The van der Waals surface area contributed by atoms with Crippen molar-refractivity contribution in [2.75, 3.05) is 24.3 Å². The van der Waals surface area contributed by atoms with Gasteiger partial charge in [0.25, 0.3) is 5.91 Å². The molecule has 0 unspecified atom stereocenters. The molecular weight excluding hydrogens is 380 g/mol. The highest BCUT2D eigenvalue weighted by Gasteiger charge is 2.21. The maximum absolute atomic E-state index is 14.5. The zero-order chi connectivity index (χ0) is 21.1. The van der Waals surface area contributed by atoms with Crippen molar-refractivity contribution in [3.63, 3.8) is 0 Å². The number of nitrogens with one attached hydrogen (secondary N) is 1. The number of nitrogens with zero attached hydrogens (tertiary/aromatic N) is 2. The highest BCUT2D eigenvalue weighted by molar-refractivity contribution is 6.06. The average Bonchev–Trinajstić information content (AvgIpc) is 2.97. The molecule has 0 saturated carbocycles. The van der Waals surface area contributed by atoms with E-state index in [-0.39, 0.29) is 12.4 Å². The molecule has 3 aromatic rings. The Morgan fingerprint density at radius 2 is 1.83 bits per heavy atom. The second-order valence-corrected chi connectivity index (χ2v) is 6.72. The molecule has 0 aliphatic rings. The van der Waals surface area contributed by atoms with Gasteiger partial charge in [-0.2, -0.15) is 0 Å². The third kappa shape index (κ3) is 4.37. The maximum Gasteiger partial charge on any atom is 0.261 e. The lowest BCUT2D eigenvalue weighted by atomic mass is 10.1. The SMILES string of the molecule is Cc1noc(C)c1COc1cc(F)c(C(=O)Nc2ccccc2N(C)C)c(F)c1. The Morgan fingerprint density at radius 1 is 1.17 bits per heavy atom. The summed E-state index contributed by atoms with van der Waals surface area (Å²) >= 11 is 0. The summed E-state index contributed by atoms with van der Waals surface area (Å²) in [6, 6.07) is 8.93. The molecule has 8 heteroatoms. The fourth-order valence-electron chi connectivity index (χ4n) is 2.87. The second kappa shape index (κ2) is 8.30. The summed E-state index contributed by atoms with van der Waals surface area (Å²) < 4.78 is 39.5. The molecule has 3 rings (SSSR count). The lowest BCUT2D eigenvalue weighted by Crippen LogP contribution is -2.19. The van der Waals surface area contributed by atoms with Crippen LogP contribution in [-0.2, 0) is 6.61 Å². The topological polar surface area (TPSA) is 67.6 Å². The van der Waals surface area contributed by atoms with Crippen molar-refractivity contribution < 1.29 is 22.8 Å². The number of amides is 1. The van der Waals surface area contributed by atoms with Gasteiger partial charge in [-0.3, -0.25) is 4.79 Å². The highest BCUT2D eigenvalue weighted by Crippen LogP contribution is 2.27. The van der Waals surface area contributed by atoms with Gasteiger partial charge in [-0.05, 0) is 26.0 Å². The van der Waals surface area contributed by atoms with Crippen molar-refractivity contribution in [2.24, 2.45) is 0 Å². The van der Waals surface area contributed by atoms with Gasteiger partial charge >= 0.3 is 0 Å². The summed E-state index contributed by atoms with van der Waals surface area (Å²) in [6.45, 7) is 3.51. The predicted octanol–water partition coefficient (Wildman–Crippen LogP) is 4.47. The van der Waals surface area contributed by atoms with E-state index >= 15 is 0 Å². The van der Waals surface area contributed by atoms with Gasteiger partial charge in [-0.15, -0.1) is 0 Å². The number of rotatable bonds is 6. The number of aryl methyl sites for hydroxylation is 2. The molecule has 0 radical (unpaired) electrons. The first kappa shape index (κ1) is 20.3. The summed E-state index contributed by atoms with van der Waals surface area (Å²) in [5.74, 6) is -2.38. The summed E-state index contributed by atoms with van der Waals surface area (Å²) in [4.78, 5) is 14.3. The normalized spacial score (nSPS) is 10.7. The molecule has 152 valence electrons. The number of hydrogen-bond donors (Lipinski definition) is 1. The third-order valence-corrected chi connectivity index (χ3v) is 4.44. The van der Waals surface area contributed by atoms with Crippen molar-refractivity contribution in [1.29, 1.82) is 0 Å². The van der Waals surface area contributed by atoms with Crippen molar-refractivity contribution >= 4 is 17.3 Å². The first-order valence-corrected chi connectivity index (χ1v) is 8.89. The summed E-state index contributed by atoms with van der Waals surface area (Å²) in [7, 11) is 3.61. The van der Waals surface area contributed by atoms with Gasteiger partial charge in [0.1, 0.15) is 35.3 Å². The number of benzene rings is 2. The molecule has 29 heavy (non-hydrogen) atoms. The fraction of sp³-hybridized carbons (Fsp3) is 0.238. The van der Waals surface area contributed by atoms with Gasteiger partial charge < -0.3 is 19.5 Å². The van der Waals surface area contributed by atoms with Crippen LogP contribution in [0.2, 0.25) is 0 Å². The minimum absolute atomic E-state index is 0.0368. The number of ether oxygens (including phenoxy) is 1. The van der Waals surface area contributed by atoms with E-state index in [0.717, 1.165) is 12.1 Å². The molecule has 1 amide bonds. The Bertz CT molecular complexity index is 1000. The van der Waals surface area contributed by atoms with Gasteiger partial charge in [0, 0.05) is 26.2 Å². The molecule has 0 fully saturated rings. The molecule has 2 aromatic carbocycles. The van der Waals surface area contributed by atoms with Crippen LogP contribution in [0.1, 0.15) is 27.4 Å². The van der Waals surface area contributed by atoms with E-state index < -0.39 is 23.1 Å². The highest BCUT2D eigenvalue weighted by atomic mass is 19.1. The Balaban J connectivity index is 1.80. The zero-order valence-corrected chi connectivity index (χ0v) is 16.5. The number of para-hydroxylation sites is 2. The third-order valence-electron chi connectivity index (χ3n) is 4.44. The Kier molecular flexibility index (Phi) is 5.81. The molecule has 0 aliphatic carbocycles. The average molecular weight is 401 g/mol. The number of halogens is 2. The number of carbonyl (C=O) groups excluding carboxylic acids is 1. The molecule has 1 N–H and O–H groups in total. The molecule has 0 spiro atoms. The van der Waals surface area contributed by atoms with Crippen LogP contribution >= 0.6 is 0 Å². The monoisotopic (exact) mass is 401 g/mol. The molecule has 0 bridgehead atoms. The molecule has 0 atom stereocenters. The first-order chi connectivity index (χ1) is 13.8. The smallest absolute Gasteiger partial charge is 0.261 e. The standard InChI is InChI=1S/C21H21F2N3O3/c1-12-15(13(2)29-25-12)11-28-14-9-16(22)20(17(23)10-14)21(27)24-18-7-5-6-8-19(18)26(3)4/h5-10H,11H2,1-4H3,(H,24,27).